The number of nitrogens with zero attached hydrogens (tertiary/aromatic N) is 2. The zero-order chi connectivity index (χ0) is 21.6. The lowest BCUT2D eigenvalue weighted by Gasteiger charge is -2.13. The smallest absolute Gasteiger partial charge is 0.318 e. The van der Waals surface area contributed by atoms with Gasteiger partial charge in [-0.25, -0.2) is 0 Å². The maximum absolute atomic E-state index is 14.0. The zero-order valence-electron chi connectivity index (χ0n) is 16.0. The number of rotatable bonds is 3. The third kappa shape index (κ3) is 3.24. The molecule has 0 aliphatic carbocycles. The van der Waals surface area contributed by atoms with Crippen molar-refractivity contribution in [1.82, 2.24) is 0 Å². The van der Waals surface area contributed by atoms with Crippen molar-refractivity contribution in [3.8, 4) is 11.3 Å². The highest BCUT2D eigenvalue weighted by molar-refractivity contribution is 6.26. The van der Waals surface area contributed by atoms with Gasteiger partial charge in [0.05, 0.1) is 16.8 Å². The van der Waals surface area contributed by atoms with Crippen molar-refractivity contribution in [2.45, 2.75) is 6.18 Å². The van der Waals surface area contributed by atoms with Gasteiger partial charge in [-0.2, -0.15) is 13.2 Å². The van der Waals surface area contributed by atoms with E-state index in [0.29, 0.717) is 5.84 Å². The summed E-state index contributed by atoms with van der Waals surface area (Å²) in [6, 6.07) is 21.2. The Morgan fingerprint density at radius 1 is 0.806 bits per heavy atom. The van der Waals surface area contributed by atoms with Gasteiger partial charge in [-0.1, -0.05) is 42.5 Å². The first-order valence-corrected chi connectivity index (χ1v) is 9.50. The molecular weight excluding hydrogens is 405 g/mol. The van der Waals surface area contributed by atoms with Crippen LogP contribution in [-0.2, 0) is 6.18 Å². The molecule has 0 bridgehead atoms. The lowest BCUT2D eigenvalue weighted by atomic mass is 10.0. The van der Waals surface area contributed by atoms with Gasteiger partial charge in [-0.3, -0.25) is 8.79 Å². The lowest BCUT2D eigenvalue weighted by molar-refractivity contribution is -0.509. The van der Waals surface area contributed by atoms with Crippen LogP contribution >= 0.6 is 0 Å². The molecule has 3 aromatic carbocycles. The zero-order valence-corrected chi connectivity index (χ0v) is 16.0. The number of anilines is 1. The summed E-state index contributed by atoms with van der Waals surface area (Å²) in [5.74, 6) is 0.660. The maximum atomic E-state index is 14.0. The molecule has 0 saturated heterocycles. The molecule has 0 amide bonds. The number of aromatic nitrogens is 1. The summed E-state index contributed by atoms with van der Waals surface area (Å²) in [7, 11) is 0.227. The molecule has 1 N–H and O–H groups in total. The van der Waals surface area contributed by atoms with Crippen molar-refractivity contribution in [1.29, 1.82) is 0 Å². The minimum atomic E-state index is -4.57. The quantitative estimate of drug-likeness (QED) is 0.337. The van der Waals surface area contributed by atoms with E-state index in [2.05, 4.69) is 10.3 Å². The molecule has 0 unspecified atom stereocenters. The first kappa shape index (κ1) is 19.3. The number of alkyl halides is 3. The summed E-state index contributed by atoms with van der Waals surface area (Å²) < 4.78 is 55.6. The molecule has 151 valence electrons. The molecule has 1 aliphatic heterocycles. The van der Waals surface area contributed by atoms with E-state index in [9.17, 15) is 17.5 Å². The van der Waals surface area contributed by atoms with Gasteiger partial charge >= 0.3 is 19.7 Å². The maximum Gasteiger partial charge on any atom is 0.640 e. The van der Waals surface area contributed by atoms with Crippen LogP contribution in [0.5, 0.6) is 0 Å². The van der Waals surface area contributed by atoms with E-state index in [4.69, 9.17) is 0 Å². The van der Waals surface area contributed by atoms with E-state index < -0.39 is 11.7 Å². The Kier molecular flexibility index (Phi) is 4.50. The van der Waals surface area contributed by atoms with E-state index in [1.165, 1.54) is 24.3 Å². The molecule has 1 aliphatic rings. The SMILES string of the molecule is F[B][n+]1c(/N=C2\Nc3cccc4cccc2c34)cccc1-c1ccccc1C(F)(F)F. The van der Waals surface area contributed by atoms with Gasteiger partial charge in [-0.15, -0.1) is 0 Å². The standard InChI is InChI=1S/C23H14BF4N3/c25-23(26,27)17-10-2-1-8-15(17)19-12-5-13-20(31(19)24-28)30-22-16-9-3-6-14-7-4-11-18(29-22)21(14)16/h1-13H,(H,29,30)/q+1. The first-order valence-electron chi connectivity index (χ1n) is 9.50. The van der Waals surface area contributed by atoms with Gasteiger partial charge in [0.15, 0.2) is 0 Å². The molecule has 31 heavy (non-hydrogen) atoms. The van der Waals surface area contributed by atoms with E-state index in [1.807, 2.05) is 36.4 Å². The van der Waals surface area contributed by atoms with E-state index in [0.717, 1.165) is 32.6 Å². The van der Waals surface area contributed by atoms with E-state index in [1.54, 1.807) is 12.1 Å². The second-order valence-corrected chi connectivity index (χ2v) is 7.07. The van der Waals surface area contributed by atoms with Gasteiger partial charge in [-0.05, 0) is 40.7 Å². The van der Waals surface area contributed by atoms with Crippen molar-refractivity contribution in [2.24, 2.45) is 4.99 Å². The summed E-state index contributed by atoms with van der Waals surface area (Å²) in [5, 5.41) is 5.25. The summed E-state index contributed by atoms with van der Waals surface area (Å²) in [5.41, 5.74) is 0.800. The van der Waals surface area contributed by atoms with Crippen LogP contribution in [0.1, 0.15) is 11.1 Å². The minimum Gasteiger partial charge on any atom is -0.318 e. The van der Waals surface area contributed by atoms with Crippen LogP contribution in [0.2, 0.25) is 0 Å². The third-order valence-electron chi connectivity index (χ3n) is 5.25. The molecule has 2 heterocycles. The molecule has 0 saturated carbocycles. The fourth-order valence-electron chi connectivity index (χ4n) is 3.92. The highest BCUT2D eigenvalue weighted by Gasteiger charge is 2.35. The summed E-state index contributed by atoms with van der Waals surface area (Å²) in [4.78, 5) is 4.56. The van der Waals surface area contributed by atoms with Crippen LogP contribution < -0.4 is 9.79 Å². The fourth-order valence-corrected chi connectivity index (χ4v) is 3.92. The Labute approximate surface area is 176 Å². The lowest BCUT2D eigenvalue weighted by Crippen LogP contribution is -2.40. The largest absolute Gasteiger partial charge is 0.640 e. The minimum absolute atomic E-state index is 0.0472. The van der Waals surface area contributed by atoms with Crippen molar-refractivity contribution < 1.29 is 22.0 Å². The molecule has 0 spiro atoms. The number of benzene rings is 3. The fraction of sp³-hybridized carbons (Fsp3) is 0.0435. The number of pyridine rings is 1. The average Bonchev–Trinajstić information content (AvgIpc) is 3.12. The Morgan fingerprint density at radius 3 is 2.29 bits per heavy atom. The number of hydrogen-bond acceptors (Lipinski definition) is 1. The monoisotopic (exact) mass is 419 g/mol. The van der Waals surface area contributed by atoms with Crippen LogP contribution in [0.15, 0.2) is 83.9 Å². The van der Waals surface area contributed by atoms with Gasteiger partial charge in [0.2, 0.25) is 0 Å². The molecule has 8 heteroatoms. The predicted octanol–water partition coefficient (Wildman–Crippen LogP) is 5.67. The van der Waals surface area contributed by atoms with E-state index in [-0.39, 0.29) is 24.8 Å². The topological polar surface area (TPSA) is 28.3 Å². The van der Waals surface area contributed by atoms with Gasteiger partial charge in [0.25, 0.3) is 5.84 Å². The Balaban J connectivity index is 1.67. The summed E-state index contributed by atoms with van der Waals surface area (Å²) in [6.07, 6.45) is -4.57. The Morgan fingerprint density at radius 2 is 1.52 bits per heavy atom. The van der Waals surface area contributed by atoms with Gasteiger partial charge in [0.1, 0.15) is 5.69 Å². The molecule has 4 aromatic rings. The molecule has 1 aromatic heterocycles. The van der Waals surface area contributed by atoms with Crippen molar-refractivity contribution in [2.75, 3.05) is 5.32 Å². The van der Waals surface area contributed by atoms with Crippen molar-refractivity contribution in [3.05, 3.63) is 90.0 Å². The number of halogens is 4. The van der Waals surface area contributed by atoms with Crippen LogP contribution in [0.3, 0.4) is 0 Å². The average molecular weight is 419 g/mol. The number of amidine groups is 1. The molecule has 3 nitrogen and oxygen atoms in total. The van der Waals surface area contributed by atoms with Crippen LogP contribution in [-0.4, -0.2) is 13.5 Å². The normalized spacial score (nSPS) is 14.1. The second kappa shape index (κ2) is 7.23. The number of hydrogen-bond donors (Lipinski definition) is 1. The molecule has 1 radical (unpaired) electrons. The molecule has 0 fully saturated rings. The first-order chi connectivity index (χ1) is 15.0. The van der Waals surface area contributed by atoms with Gasteiger partial charge in [0, 0.05) is 17.0 Å². The van der Waals surface area contributed by atoms with Crippen molar-refractivity contribution in [3.63, 3.8) is 0 Å². The Hall–Kier alpha value is -3.68. The summed E-state index contributed by atoms with van der Waals surface area (Å²) in [6.45, 7) is 0. The molecule has 5 rings (SSSR count). The van der Waals surface area contributed by atoms with Gasteiger partial charge < -0.3 is 5.32 Å². The predicted molar refractivity (Wildman–Crippen MR) is 113 cm³/mol. The number of nitrogens with one attached hydrogen (secondary N) is 1. The Bertz CT molecular complexity index is 1340. The second-order valence-electron chi connectivity index (χ2n) is 7.07. The van der Waals surface area contributed by atoms with Crippen LogP contribution in [0.25, 0.3) is 22.0 Å². The summed E-state index contributed by atoms with van der Waals surface area (Å²) >= 11 is 0. The van der Waals surface area contributed by atoms with E-state index >= 15 is 0 Å². The highest BCUT2D eigenvalue weighted by atomic mass is 19.4. The molecule has 0 atom stereocenters. The van der Waals surface area contributed by atoms with Crippen LogP contribution in [0, 0.1) is 0 Å². The van der Waals surface area contributed by atoms with Crippen LogP contribution in [0.4, 0.5) is 29.0 Å². The third-order valence-corrected chi connectivity index (χ3v) is 5.25. The van der Waals surface area contributed by atoms with Crippen molar-refractivity contribution >= 4 is 35.8 Å². The number of aliphatic imine (C=N–C) groups is 1. The highest BCUT2D eigenvalue weighted by Crippen LogP contribution is 2.37. The molecular formula is C23H14BF4N3+.